The summed E-state index contributed by atoms with van der Waals surface area (Å²) in [5, 5.41) is 11.6. The van der Waals surface area contributed by atoms with E-state index in [-0.39, 0.29) is 11.9 Å². The molecule has 0 saturated carbocycles. The summed E-state index contributed by atoms with van der Waals surface area (Å²) in [7, 11) is 0. The van der Waals surface area contributed by atoms with Gasteiger partial charge >= 0.3 is 0 Å². The van der Waals surface area contributed by atoms with Crippen molar-refractivity contribution in [3.63, 3.8) is 0 Å². The molecular formula is C18H28N6O. The van der Waals surface area contributed by atoms with Gasteiger partial charge in [-0.15, -0.1) is 0 Å². The third-order valence-electron chi connectivity index (χ3n) is 4.57. The van der Waals surface area contributed by atoms with E-state index in [0.29, 0.717) is 12.1 Å². The molecule has 1 aliphatic heterocycles. The largest absolute Gasteiger partial charge is 0.352 e. The van der Waals surface area contributed by atoms with Crippen molar-refractivity contribution in [3.05, 3.63) is 23.5 Å². The number of rotatable bonds is 6. The fourth-order valence-electron chi connectivity index (χ4n) is 3.24. The Labute approximate surface area is 148 Å². The first-order valence-electron chi connectivity index (χ1n) is 9.12. The molecule has 0 bridgehead atoms. The molecule has 0 unspecified atom stereocenters. The number of hydrogen-bond donors (Lipinski definition) is 2. The second-order valence-corrected chi connectivity index (χ2v) is 6.93. The van der Waals surface area contributed by atoms with Gasteiger partial charge in [0.25, 0.3) is 5.91 Å². The van der Waals surface area contributed by atoms with Gasteiger partial charge in [-0.3, -0.25) is 4.79 Å². The SMILES string of the molecule is Cc1cc(C(=O)NCCCN2CCNCC2)c2cnn(C(C)C)c2n1. The van der Waals surface area contributed by atoms with Gasteiger partial charge < -0.3 is 15.5 Å². The Morgan fingerprint density at radius 2 is 2.12 bits per heavy atom. The van der Waals surface area contributed by atoms with E-state index in [2.05, 4.69) is 39.5 Å². The van der Waals surface area contributed by atoms with Crippen LogP contribution >= 0.6 is 0 Å². The average Bonchev–Trinajstić information content (AvgIpc) is 3.02. The number of aromatic nitrogens is 3. The minimum absolute atomic E-state index is 0.0425. The van der Waals surface area contributed by atoms with Crippen LogP contribution in [0.25, 0.3) is 11.0 Å². The van der Waals surface area contributed by atoms with Gasteiger partial charge in [-0.05, 0) is 39.8 Å². The molecule has 7 heteroatoms. The number of carbonyl (C=O) groups is 1. The zero-order valence-electron chi connectivity index (χ0n) is 15.4. The van der Waals surface area contributed by atoms with E-state index in [4.69, 9.17) is 0 Å². The van der Waals surface area contributed by atoms with E-state index in [9.17, 15) is 4.79 Å². The molecule has 1 fully saturated rings. The Bertz CT molecular complexity index is 732. The van der Waals surface area contributed by atoms with Gasteiger partial charge in [0.15, 0.2) is 5.65 Å². The van der Waals surface area contributed by atoms with Crippen molar-refractivity contribution < 1.29 is 4.79 Å². The van der Waals surface area contributed by atoms with Crippen molar-refractivity contribution in [2.75, 3.05) is 39.3 Å². The number of nitrogens with one attached hydrogen (secondary N) is 2. The van der Waals surface area contributed by atoms with Crippen molar-refractivity contribution in [2.24, 2.45) is 0 Å². The number of fused-ring (bicyclic) bond motifs is 1. The van der Waals surface area contributed by atoms with Gasteiger partial charge in [-0.1, -0.05) is 0 Å². The molecule has 25 heavy (non-hydrogen) atoms. The lowest BCUT2D eigenvalue weighted by atomic mass is 10.1. The Kier molecular flexibility index (Phi) is 5.65. The maximum atomic E-state index is 12.6. The zero-order valence-corrected chi connectivity index (χ0v) is 15.4. The summed E-state index contributed by atoms with van der Waals surface area (Å²) in [5.41, 5.74) is 2.28. The molecule has 3 heterocycles. The van der Waals surface area contributed by atoms with Gasteiger partial charge in [0.1, 0.15) is 0 Å². The standard InChI is InChI=1S/C18H28N6O/c1-13(2)24-17-16(12-21-24)15(11-14(3)22-17)18(25)20-5-4-8-23-9-6-19-7-10-23/h11-13,19H,4-10H2,1-3H3,(H,20,25). The summed E-state index contributed by atoms with van der Waals surface area (Å²) in [4.78, 5) is 19.6. The molecule has 3 rings (SSSR count). The highest BCUT2D eigenvalue weighted by Crippen LogP contribution is 2.20. The lowest BCUT2D eigenvalue weighted by Crippen LogP contribution is -2.44. The van der Waals surface area contributed by atoms with E-state index < -0.39 is 0 Å². The maximum absolute atomic E-state index is 12.6. The van der Waals surface area contributed by atoms with Crippen molar-refractivity contribution >= 4 is 16.9 Å². The number of nitrogens with zero attached hydrogens (tertiary/aromatic N) is 4. The van der Waals surface area contributed by atoms with Gasteiger partial charge in [0.05, 0.1) is 17.1 Å². The van der Waals surface area contributed by atoms with Crippen LogP contribution in [0.2, 0.25) is 0 Å². The summed E-state index contributed by atoms with van der Waals surface area (Å²) in [5.74, 6) is -0.0425. The van der Waals surface area contributed by atoms with Crippen LogP contribution in [0.3, 0.4) is 0 Å². The predicted octanol–water partition coefficient (Wildman–Crippen LogP) is 1.35. The number of aryl methyl sites for hydroxylation is 1. The van der Waals surface area contributed by atoms with Crippen LogP contribution in [0.4, 0.5) is 0 Å². The number of carbonyl (C=O) groups excluding carboxylic acids is 1. The first-order valence-corrected chi connectivity index (χ1v) is 9.12. The average molecular weight is 344 g/mol. The Morgan fingerprint density at radius 3 is 2.84 bits per heavy atom. The van der Waals surface area contributed by atoms with E-state index in [0.717, 1.165) is 55.9 Å². The number of piperazine rings is 1. The molecule has 0 atom stereocenters. The Hall–Kier alpha value is -1.99. The molecule has 2 aromatic rings. The van der Waals surface area contributed by atoms with Crippen LogP contribution in [0.1, 0.15) is 42.4 Å². The topological polar surface area (TPSA) is 75.1 Å². The molecule has 7 nitrogen and oxygen atoms in total. The molecule has 2 aromatic heterocycles. The summed E-state index contributed by atoms with van der Waals surface area (Å²) in [6.45, 7) is 12.0. The summed E-state index contributed by atoms with van der Waals surface area (Å²) < 4.78 is 1.86. The van der Waals surface area contributed by atoms with Gasteiger partial charge in [-0.2, -0.15) is 5.10 Å². The second kappa shape index (κ2) is 7.93. The second-order valence-electron chi connectivity index (χ2n) is 6.93. The molecule has 2 N–H and O–H groups in total. The fourth-order valence-corrected chi connectivity index (χ4v) is 3.24. The monoisotopic (exact) mass is 344 g/mol. The van der Waals surface area contributed by atoms with Crippen molar-refractivity contribution in [1.29, 1.82) is 0 Å². The number of hydrogen-bond acceptors (Lipinski definition) is 5. The lowest BCUT2D eigenvalue weighted by Gasteiger charge is -2.27. The van der Waals surface area contributed by atoms with Gasteiger partial charge in [0.2, 0.25) is 0 Å². The summed E-state index contributed by atoms with van der Waals surface area (Å²) in [6, 6.07) is 2.06. The van der Waals surface area contributed by atoms with Crippen LogP contribution in [0, 0.1) is 6.92 Å². The molecule has 1 aliphatic rings. The molecule has 0 aromatic carbocycles. The summed E-state index contributed by atoms with van der Waals surface area (Å²) >= 11 is 0. The van der Waals surface area contributed by atoms with Crippen LogP contribution < -0.4 is 10.6 Å². The first-order chi connectivity index (χ1) is 12.1. The number of pyridine rings is 1. The fraction of sp³-hybridized carbons (Fsp3) is 0.611. The maximum Gasteiger partial charge on any atom is 0.252 e. The van der Waals surface area contributed by atoms with Crippen LogP contribution in [0.15, 0.2) is 12.3 Å². The lowest BCUT2D eigenvalue weighted by molar-refractivity contribution is 0.0952. The van der Waals surface area contributed by atoms with E-state index >= 15 is 0 Å². The molecular weight excluding hydrogens is 316 g/mol. The van der Waals surface area contributed by atoms with Crippen molar-refractivity contribution in [2.45, 2.75) is 33.2 Å². The van der Waals surface area contributed by atoms with Crippen molar-refractivity contribution in [3.8, 4) is 0 Å². The van der Waals surface area contributed by atoms with Crippen LogP contribution in [0.5, 0.6) is 0 Å². The Morgan fingerprint density at radius 1 is 1.36 bits per heavy atom. The molecule has 1 saturated heterocycles. The Balaban J connectivity index is 1.63. The third-order valence-corrected chi connectivity index (χ3v) is 4.57. The molecule has 0 aliphatic carbocycles. The highest BCUT2D eigenvalue weighted by Gasteiger charge is 2.16. The zero-order chi connectivity index (χ0) is 17.8. The smallest absolute Gasteiger partial charge is 0.252 e. The van der Waals surface area contributed by atoms with Gasteiger partial charge in [0, 0.05) is 44.5 Å². The van der Waals surface area contributed by atoms with E-state index in [1.54, 1.807) is 6.20 Å². The molecule has 0 spiro atoms. The highest BCUT2D eigenvalue weighted by molar-refractivity contribution is 6.05. The third kappa shape index (κ3) is 4.16. The normalized spacial score (nSPS) is 15.8. The minimum Gasteiger partial charge on any atom is -0.352 e. The predicted molar refractivity (Wildman–Crippen MR) is 98.9 cm³/mol. The van der Waals surface area contributed by atoms with E-state index in [1.807, 2.05) is 17.7 Å². The minimum atomic E-state index is -0.0425. The quantitative estimate of drug-likeness (QED) is 0.774. The van der Waals surface area contributed by atoms with E-state index in [1.165, 1.54) is 0 Å². The highest BCUT2D eigenvalue weighted by atomic mass is 16.1. The summed E-state index contributed by atoms with van der Waals surface area (Å²) in [6.07, 6.45) is 2.71. The number of amides is 1. The molecule has 1 amide bonds. The first kappa shape index (κ1) is 17.8. The van der Waals surface area contributed by atoms with Crippen LogP contribution in [-0.2, 0) is 0 Å². The van der Waals surface area contributed by atoms with Crippen molar-refractivity contribution in [1.82, 2.24) is 30.3 Å². The molecule has 136 valence electrons. The molecule has 0 radical (unpaired) electrons. The van der Waals surface area contributed by atoms with Crippen LogP contribution in [-0.4, -0.2) is 64.8 Å². The van der Waals surface area contributed by atoms with Gasteiger partial charge in [-0.25, -0.2) is 9.67 Å².